The van der Waals surface area contributed by atoms with Crippen molar-refractivity contribution >= 4 is 8.32 Å². The molecule has 4 nitrogen and oxygen atoms in total. The quantitative estimate of drug-likeness (QED) is 0.122. The van der Waals surface area contributed by atoms with E-state index in [1.54, 1.807) is 0 Å². The summed E-state index contributed by atoms with van der Waals surface area (Å²) in [5, 5.41) is 0. The molecule has 0 aliphatic carbocycles. The van der Waals surface area contributed by atoms with Gasteiger partial charge in [-0.25, -0.2) is 0 Å². The maximum atomic E-state index is 7.30. The fourth-order valence-corrected chi connectivity index (χ4v) is 12.1. The molecule has 4 atom stereocenters. The monoisotopic (exact) mass is 566 g/mol. The minimum absolute atomic E-state index is 0.0335. The number of benzene rings is 2. The summed E-state index contributed by atoms with van der Waals surface area (Å²) in [7, 11) is -2.04. The van der Waals surface area contributed by atoms with Crippen molar-refractivity contribution < 1.29 is 18.6 Å². The average molecular weight is 567 g/mol. The van der Waals surface area contributed by atoms with Crippen LogP contribution in [-0.4, -0.2) is 39.3 Å². The van der Waals surface area contributed by atoms with Crippen molar-refractivity contribution in [1.29, 1.82) is 0 Å². The van der Waals surface area contributed by atoms with Gasteiger partial charge in [-0.3, -0.25) is 0 Å². The normalized spacial score (nSPS) is 21.9. The van der Waals surface area contributed by atoms with Crippen LogP contribution in [0, 0.1) is 0 Å². The standard InChI is InChI=1S/C35H54O4Si/c1-8-32-35(39-40(27(2)3,28(4)5)29(6)7)22-16-15-21-34(38-32)33(37-26-31-19-13-10-14-20-31)23-24-36-25-30-17-11-9-12-18-30/h9-20,27-29,32-35H,8,21-26H2,1-7H3/b16-15-/t32-,33+,34-,35-/m1/s1. The van der Waals surface area contributed by atoms with E-state index in [-0.39, 0.29) is 24.4 Å². The molecule has 5 heteroatoms. The maximum Gasteiger partial charge on any atom is 0.200 e. The molecule has 40 heavy (non-hydrogen) atoms. The van der Waals surface area contributed by atoms with E-state index in [0.717, 1.165) is 25.7 Å². The zero-order valence-electron chi connectivity index (χ0n) is 26.1. The number of hydrogen-bond donors (Lipinski definition) is 0. The van der Waals surface area contributed by atoms with Crippen LogP contribution in [-0.2, 0) is 31.9 Å². The molecule has 0 fully saturated rings. The molecular formula is C35H54O4Si. The predicted molar refractivity (Wildman–Crippen MR) is 169 cm³/mol. The van der Waals surface area contributed by atoms with E-state index in [4.69, 9.17) is 18.6 Å². The van der Waals surface area contributed by atoms with Gasteiger partial charge < -0.3 is 18.6 Å². The summed E-state index contributed by atoms with van der Waals surface area (Å²) in [5.74, 6) is 0. The lowest BCUT2D eigenvalue weighted by atomic mass is 10.0. The van der Waals surface area contributed by atoms with Crippen molar-refractivity contribution in [3.63, 3.8) is 0 Å². The zero-order valence-corrected chi connectivity index (χ0v) is 27.1. The predicted octanol–water partition coefficient (Wildman–Crippen LogP) is 9.25. The molecule has 2 aromatic rings. The molecule has 1 aliphatic rings. The van der Waals surface area contributed by atoms with Gasteiger partial charge in [0.2, 0.25) is 8.32 Å². The van der Waals surface area contributed by atoms with E-state index < -0.39 is 8.32 Å². The van der Waals surface area contributed by atoms with Crippen LogP contribution in [0.1, 0.15) is 85.3 Å². The van der Waals surface area contributed by atoms with Gasteiger partial charge in [-0.1, -0.05) is 121 Å². The second kappa shape index (κ2) is 16.6. The van der Waals surface area contributed by atoms with Crippen LogP contribution in [0.15, 0.2) is 72.8 Å². The summed E-state index contributed by atoms with van der Waals surface area (Å²) in [6.07, 6.45) is 8.01. The average Bonchev–Trinajstić information content (AvgIpc) is 2.93. The summed E-state index contributed by atoms with van der Waals surface area (Å²) in [6.45, 7) is 18.2. The Morgan fingerprint density at radius 2 is 1.32 bits per heavy atom. The van der Waals surface area contributed by atoms with Gasteiger partial charge >= 0.3 is 0 Å². The molecule has 0 spiro atoms. The van der Waals surface area contributed by atoms with Crippen LogP contribution in [0.2, 0.25) is 16.6 Å². The summed E-state index contributed by atoms with van der Waals surface area (Å²) in [5.41, 5.74) is 3.99. The summed E-state index contributed by atoms with van der Waals surface area (Å²) in [6, 6.07) is 20.8. The van der Waals surface area contributed by atoms with Crippen molar-refractivity contribution in [3.8, 4) is 0 Å². The first kappa shape index (κ1) is 32.7. The van der Waals surface area contributed by atoms with Gasteiger partial charge in [-0.05, 0) is 53.4 Å². The minimum Gasteiger partial charge on any atom is -0.410 e. The van der Waals surface area contributed by atoms with Crippen LogP contribution in [0.3, 0.4) is 0 Å². The third-order valence-corrected chi connectivity index (χ3v) is 14.6. The van der Waals surface area contributed by atoms with Crippen LogP contribution in [0.5, 0.6) is 0 Å². The molecular weight excluding hydrogens is 512 g/mol. The second-order valence-electron chi connectivity index (χ2n) is 12.2. The molecule has 0 aromatic heterocycles. The fourth-order valence-electron chi connectivity index (χ4n) is 6.49. The van der Waals surface area contributed by atoms with Crippen LogP contribution < -0.4 is 0 Å². The van der Waals surface area contributed by atoms with E-state index in [0.29, 0.717) is 36.4 Å². The Bertz CT molecular complexity index is 954. The van der Waals surface area contributed by atoms with Crippen LogP contribution >= 0.6 is 0 Å². The fraction of sp³-hybridized carbons (Fsp3) is 0.600. The molecule has 0 N–H and O–H groups in total. The first-order chi connectivity index (χ1) is 19.3. The van der Waals surface area contributed by atoms with E-state index in [1.165, 1.54) is 11.1 Å². The van der Waals surface area contributed by atoms with Gasteiger partial charge in [0.15, 0.2) is 0 Å². The minimum atomic E-state index is -2.04. The molecule has 0 amide bonds. The molecule has 3 rings (SSSR count). The van der Waals surface area contributed by atoms with Crippen molar-refractivity contribution in [2.45, 2.75) is 128 Å². The first-order valence-electron chi connectivity index (χ1n) is 15.5. The number of rotatable bonds is 15. The SMILES string of the molecule is CC[C@H]1O[C@@H]([C@H](CCOCc2ccccc2)OCc2ccccc2)C/C=C\C[C@H]1O[Si](C(C)C)(C(C)C)C(C)C. The third-order valence-electron chi connectivity index (χ3n) is 8.51. The van der Waals surface area contributed by atoms with Gasteiger partial charge in [0, 0.05) is 6.61 Å². The smallest absolute Gasteiger partial charge is 0.200 e. The number of hydrogen-bond acceptors (Lipinski definition) is 4. The van der Waals surface area contributed by atoms with Crippen molar-refractivity contribution in [2.24, 2.45) is 0 Å². The lowest BCUT2D eigenvalue weighted by Gasteiger charge is -2.46. The summed E-state index contributed by atoms with van der Waals surface area (Å²) in [4.78, 5) is 0. The molecule has 2 aromatic carbocycles. The van der Waals surface area contributed by atoms with Gasteiger partial charge in [0.1, 0.15) is 0 Å². The van der Waals surface area contributed by atoms with Crippen molar-refractivity contribution in [3.05, 3.63) is 83.9 Å². The van der Waals surface area contributed by atoms with Gasteiger partial charge in [-0.15, -0.1) is 0 Å². The zero-order chi connectivity index (χ0) is 29.0. The Kier molecular flexibility index (Phi) is 13.6. The third kappa shape index (κ3) is 9.12. The van der Waals surface area contributed by atoms with E-state index in [9.17, 15) is 0 Å². The number of ether oxygens (including phenoxy) is 3. The molecule has 0 radical (unpaired) electrons. The molecule has 0 bridgehead atoms. The highest BCUT2D eigenvalue weighted by molar-refractivity contribution is 6.77. The Labute approximate surface area is 245 Å². The first-order valence-corrected chi connectivity index (χ1v) is 17.7. The lowest BCUT2D eigenvalue weighted by Crippen LogP contribution is -2.53. The Balaban J connectivity index is 1.75. The Morgan fingerprint density at radius 3 is 1.88 bits per heavy atom. The molecule has 1 heterocycles. The van der Waals surface area contributed by atoms with Crippen molar-refractivity contribution in [1.82, 2.24) is 0 Å². The van der Waals surface area contributed by atoms with E-state index >= 15 is 0 Å². The molecule has 0 saturated carbocycles. The van der Waals surface area contributed by atoms with E-state index in [1.807, 2.05) is 12.1 Å². The second-order valence-corrected chi connectivity index (χ2v) is 17.6. The Morgan fingerprint density at radius 1 is 0.775 bits per heavy atom. The van der Waals surface area contributed by atoms with Crippen molar-refractivity contribution in [2.75, 3.05) is 6.61 Å². The lowest BCUT2D eigenvalue weighted by molar-refractivity contribution is -0.139. The van der Waals surface area contributed by atoms with Gasteiger partial charge in [0.05, 0.1) is 37.6 Å². The molecule has 1 aliphatic heterocycles. The van der Waals surface area contributed by atoms with Crippen LogP contribution in [0.4, 0.5) is 0 Å². The maximum absolute atomic E-state index is 7.30. The highest BCUT2D eigenvalue weighted by Crippen LogP contribution is 2.44. The van der Waals surface area contributed by atoms with Crippen LogP contribution in [0.25, 0.3) is 0 Å². The van der Waals surface area contributed by atoms with E-state index in [2.05, 4.69) is 109 Å². The molecule has 0 saturated heterocycles. The topological polar surface area (TPSA) is 36.9 Å². The highest BCUT2D eigenvalue weighted by Gasteiger charge is 2.48. The Hall–Kier alpha value is -1.76. The summed E-state index contributed by atoms with van der Waals surface area (Å²) < 4.78 is 27.0. The summed E-state index contributed by atoms with van der Waals surface area (Å²) >= 11 is 0. The van der Waals surface area contributed by atoms with Gasteiger partial charge in [-0.2, -0.15) is 0 Å². The van der Waals surface area contributed by atoms with Gasteiger partial charge in [0.25, 0.3) is 0 Å². The molecule has 222 valence electrons. The largest absolute Gasteiger partial charge is 0.410 e. The molecule has 0 unspecified atom stereocenters. The highest BCUT2D eigenvalue weighted by atomic mass is 28.4.